The SMILES string of the molecule is CCCCCCCCCCCCCCCCCCC/C=C/C(O)C(CO)NC(=O)CCCCCCCCCCCCCCCCCCCCCCCCCCCCCCCCCCC. The molecule has 0 aromatic carbocycles. The summed E-state index contributed by atoms with van der Waals surface area (Å²) in [6.45, 7) is 4.35. The number of carbonyl (C=O) groups is 1. The van der Waals surface area contributed by atoms with Crippen molar-refractivity contribution < 1.29 is 15.0 Å². The number of carbonyl (C=O) groups excluding carboxylic acids is 1. The molecule has 0 aliphatic carbocycles. The molecule has 2 unspecified atom stereocenters. The Hall–Kier alpha value is -0.870. The molecule has 3 N–H and O–H groups in total. The van der Waals surface area contributed by atoms with Gasteiger partial charge in [-0.2, -0.15) is 0 Å². The first-order valence-corrected chi connectivity index (χ1v) is 29.9. The zero-order valence-electron chi connectivity index (χ0n) is 44.1. The molecule has 0 radical (unpaired) electrons. The van der Waals surface area contributed by atoms with E-state index in [1.807, 2.05) is 6.08 Å². The molecule has 0 saturated heterocycles. The molecule has 4 nitrogen and oxygen atoms in total. The topological polar surface area (TPSA) is 69.6 Å². The van der Waals surface area contributed by atoms with Crippen molar-refractivity contribution in [2.45, 2.75) is 360 Å². The third kappa shape index (κ3) is 52.1. The monoisotopic (exact) mass is 902 g/mol. The smallest absolute Gasteiger partial charge is 0.220 e. The molecule has 64 heavy (non-hydrogen) atoms. The second-order valence-electron chi connectivity index (χ2n) is 20.8. The van der Waals surface area contributed by atoms with Gasteiger partial charge in [0, 0.05) is 6.42 Å². The van der Waals surface area contributed by atoms with Crippen LogP contribution in [0.2, 0.25) is 0 Å². The van der Waals surface area contributed by atoms with Gasteiger partial charge in [0.1, 0.15) is 0 Å². The molecule has 0 aromatic heterocycles. The lowest BCUT2D eigenvalue weighted by molar-refractivity contribution is -0.123. The normalized spacial score (nSPS) is 12.8. The zero-order valence-corrected chi connectivity index (χ0v) is 44.1. The number of allylic oxidation sites excluding steroid dienone is 1. The fraction of sp³-hybridized carbons (Fsp3) is 0.950. The molecule has 0 aliphatic rings. The van der Waals surface area contributed by atoms with Crippen molar-refractivity contribution >= 4 is 5.91 Å². The van der Waals surface area contributed by atoms with E-state index in [0.717, 1.165) is 25.7 Å². The number of unbranched alkanes of at least 4 members (excludes halogenated alkanes) is 49. The first-order valence-electron chi connectivity index (χ1n) is 29.9. The first kappa shape index (κ1) is 63.1. The summed E-state index contributed by atoms with van der Waals surface area (Å²) in [5, 5.41) is 23.2. The molecular weight excluding hydrogens is 783 g/mol. The fourth-order valence-corrected chi connectivity index (χ4v) is 9.71. The predicted octanol–water partition coefficient (Wildman–Crippen LogP) is 19.7. The quantitative estimate of drug-likeness (QED) is 0.0421. The van der Waals surface area contributed by atoms with Crippen LogP contribution in [0.15, 0.2) is 12.2 Å². The summed E-state index contributed by atoms with van der Waals surface area (Å²) in [5.74, 6) is -0.0552. The predicted molar refractivity (Wildman–Crippen MR) is 286 cm³/mol. The maximum atomic E-state index is 12.5. The number of rotatable bonds is 56. The van der Waals surface area contributed by atoms with E-state index in [-0.39, 0.29) is 12.5 Å². The van der Waals surface area contributed by atoms with Crippen molar-refractivity contribution in [3.63, 3.8) is 0 Å². The van der Waals surface area contributed by atoms with E-state index in [1.165, 1.54) is 302 Å². The summed E-state index contributed by atoms with van der Waals surface area (Å²) in [6.07, 6.45) is 74.0. The average molecular weight is 903 g/mol. The highest BCUT2D eigenvalue weighted by atomic mass is 16.3. The van der Waals surface area contributed by atoms with Crippen LogP contribution < -0.4 is 5.32 Å². The molecule has 2 atom stereocenters. The molecule has 0 rings (SSSR count). The largest absolute Gasteiger partial charge is 0.394 e. The molecule has 0 heterocycles. The van der Waals surface area contributed by atoms with Gasteiger partial charge < -0.3 is 15.5 Å². The highest BCUT2D eigenvalue weighted by Crippen LogP contribution is 2.18. The summed E-state index contributed by atoms with van der Waals surface area (Å²) in [6, 6.07) is -0.618. The molecule has 0 aliphatic heterocycles. The fourth-order valence-electron chi connectivity index (χ4n) is 9.71. The molecule has 0 aromatic rings. The van der Waals surface area contributed by atoms with Crippen molar-refractivity contribution in [2.75, 3.05) is 6.61 Å². The summed E-state index contributed by atoms with van der Waals surface area (Å²) in [4.78, 5) is 12.5. The Morgan fingerprint density at radius 3 is 0.812 bits per heavy atom. The van der Waals surface area contributed by atoms with E-state index in [0.29, 0.717) is 6.42 Å². The van der Waals surface area contributed by atoms with Gasteiger partial charge in [0.2, 0.25) is 5.91 Å². The van der Waals surface area contributed by atoms with E-state index in [1.54, 1.807) is 6.08 Å². The van der Waals surface area contributed by atoms with Gasteiger partial charge in [0.05, 0.1) is 18.8 Å². The Morgan fingerprint density at radius 1 is 0.359 bits per heavy atom. The van der Waals surface area contributed by atoms with Crippen LogP contribution in [0.4, 0.5) is 0 Å². The third-order valence-corrected chi connectivity index (χ3v) is 14.3. The molecule has 4 heteroatoms. The highest BCUT2D eigenvalue weighted by Gasteiger charge is 2.18. The van der Waals surface area contributed by atoms with Crippen LogP contribution in [0.3, 0.4) is 0 Å². The highest BCUT2D eigenvalue weighted by molar-refractivity contribution is 5.76. The van der Waals surface area contributed by atoms with Crippen LogP contribution in [0.5, 0.6) is 0 Å². The van der Waals surface area contributed by atoms with Crippen LogP contribution in [0.1, 0.15) is 348 Å². The Labute approximate surface area is 403 Å². The van der Waals surface area contributed by atoms with Crippen LogP contribution in [-0.4, -0.2) is 34.9 Å². The summed E-state index contributed by atoms with van der Waals surface area (Å²) in [5.41, 5.74) is 0. The maximum Gasteiger partial charge on any atom is 0.220 e. The lowest BCUT2D eigenvalue weighted by Crippen LogP contribution is -2.45. The van der Waals surface area contributed by atoms with Crippen molar-refractivity contribution in [1.82, 2.24) is 5.32 Å². The Morgan fingerprint density at radius 2 is 0.578 bits per heavy atom. The average Bonchev–Trinajstić information content (AvgIpc) is 3.30. The number of nitrogens with one attached hydrogen (secondary N) is 1. The Balaban J connectivity index is 3.40. The number of amides is 1. The standard InChI is InChI=1S/C60H119NO3/c1-3-5-7-9-11-13-15-17-19-21-23-24-25-26-27-28-29-30-31-32-33-34-35-36-38-40-42-44-46-48-50-52-54-56-60(64)61-58(57-62)59(63)55-53-51-49-47-45-43-41-39-37-22-20-18-16-14-12-10-8-6-4-2/h53,55,58-59,62-63H,3-52,54,56-57H2,1-2H3,(H,61,64)/b55-53+. The van der Waals surface area contributed by atoms with Gasteiger partial charge in [0.25, 0.3) is 0 Å². The molecule has 1 amide bonds. The van der Waals surface area contributed by atoms with E-state index < -0.39 is 12.1 Å². The van der Waals surface area contributed by atoms with Crippen LogP contribution in [-0.2, 0) is 4.79 Å². The molecule has 0 fully saturated rings. The summed E-state index contributed by atoms with van der Waals surface area (Å²) in [7, 11) is 0. The zero-order chi connectivity index (χ0) is 46.3. The van der Waals surface area contributed by atoms with E-state index in [9.17, 15) is 15.0 Å². The van der Waals surface area contributed by atoms with Crippen molar-refractivity contribution in [2.24, 2.45) is 0 Å². The van der Waals surface area contributed by atoms with Gasteiger partial charge in [-0.1, -0.05) is 334 Å². The maximum absolute atomic E-state index is 12.5. The molecule has 382 valence electrons. The number of hydrogen-bond donors (Lipinski definition) is 3. The van der Waals surface area contributed by atoms with E-state index in [4.69, 9.17) is 0 Å². The van der Waals surface area contributed by atoms with Gasteiger partial charge in [-0.3, -0.25) is 4.79 Å². The summed E-state index contributed by atoms with van der Waals surface area (Å²) >= 11 is 0. The Kier molecular flexibility index (Phi) is 55.7. The third-order valence-electron chi connectivity index (χ3n) is 14.3. The number of hydrogen-bond acceptors (Lipinski definition) is 3. The Bertz CT molecular complexity index is 890. The van der Waals surface area contributed by atoms with E-state index >= 15 is 0 Å². The summed E-state index contributed by atoms with van der Waals surface area (Å²) < 4.78 is 0. The molecular formula is C60H119NO3. The van der Waals surface area contributed by atoms with Crippen molar-refractivity contribution in [3.8, 4) is 0 Å². The van der Waals surface area contributed by atoms with Crippen LogP contribution in [0, 0.1) is 0 Å². The van der Waals surface area contributed by atoms with Gasteiger partial charge in [0.15, 0.2) is 0 Å². The van der Waals surface area contributed by atoms with Gasteiger partial charge >= 0.3 is 0 Å². The van der Waals surface area contributed by atoms with Crippen molar-refractivity contribution in [1.29, 1.82) is 0 Å². The first-order chi connectivity index (χ1) is 31.7. The van der Waals surface area contributed by atoms with Crippen LogP contribution >= 0.6 is 0 Å². The van der Waals surface area contributed by atoms with Gasteiger partial charge in [-0.15, -0.1) is 0 Å². The van der Waals surface area contributed by atoms with E-state index in [2.05, 4.69) is 19.2 Å². The minimum Gasteiger partial charge on any atom is -0.394 e. The molecule has 0 saturated carbocycles. The van der Waals surface area contributed by atoms with Gasteiger partial charge in [-0.25, -0.2) is 0 Å². The molecule has 0 spiro atoms. The second-order valence-corrected chi connectivity index (χ2v) is 20.8. The van der Waals surface area contributed by atoms with Crippen LogP contribution in [0.25, 0.3) is 0 Å². The second kappa shape index (κ2) is 56.5. The minimum atomic E-state index is -0.835. The van der Waals surface area contributed by atoms with Gasteiger partial charge in [-0.05, 0) is 19.3 Å². The van der Waals surface area contributed by atoms with Crippen molar-refractivity contribution in [3.05, 3.63) is 12.2 Å². The minimum absolute atomic E-state index is 0.0552. The number of aliphatic hydroxyl groups excluding tert-OH is 2. The molecule has 0 bridgehead atoms. The lowest BCUT2D eigenvalue weighted by atomic mass is 10.0. The number of aliphatic hydroxyl groups is 2. The lowest BCUT2D eigenvalue weighted by Gasteiger charge is -2.20.